The minimum atomic E-state index is -0.249. The van der Waals surface area contributed by atoms with Gasteiger partial charge in [0.1, 0.15) is 11.5 Å². The van der Waals surface area contributed by atoms with Crippen LogP contribution in [0.3, 0.4) is 0 Å². The number of benzene rings is 2. The maximum Gasteiger partial charge on any atom is 0.255 e. The Morgan fingerprint density at radius 3 is 2.44 bits per heavy atom. The van der Waals surface area contributed by atoms with Crippen LogP contribution in [0.5, 0.6) is 11.5 Å². The van der Waals surface area contributed by atoms with E-state index < -0.39 is 0 Å². The zero-order chi connectivity index (χ0) is 19.4. The van der Waals surface area contributed by atoms with Crippen molar-refractivity contribution in [2.24, 2.45) is 0 Å². The third kappa shape index (κ3) is 4.22. The molecule has 0 atom stereocenters. The average molecular weight is 368 g/mol. The van der Waals surface area contributed by atoms with Gasteiger partial charge in [-0.3, -0.25) is 9.59 Å². The Morgan fingerprint density at radius 1 is 1.15 bits per heavy atom. The Labute approximate surface area is 159 Å². The van der Waals surface area contributed by atoms with Gasteiger partial charge in [-0.25, -0.2) is 0 Å². The maximum atomic E-state index is 12.7. The molecule has 2 amide bonds. The van der Waals surface area contributed by atoms with Crippen LogP contribution in [-0.4, -0.2) is 37.5 Å². The van der Waals surface area contributed by atoms with E-state index in [1.54, 1.807) is 26.4 Å². The molecule has 1 aliphatic heterocycles. The van der Waals surface area contributed by atoms with Crippen molar-refractivity contribution in [1.29, 1.82) is 0 Å². The predicted octanol–water partition coefficient (Wildman–Crippen LogP) is 3.39. The number of anilines is 1. The summed E-state index contributed by atoms with van der Waals surface area (Å²) in [5.41, 5.74) is 2.97. The lowest BCUT2D eigenvalue weighted by molar-refractivity contribution is -0.128. The summed E-state index contributed by atoms with van der Waals surface area (Å²) >= 11 is 0. The van der Waals surface area contributed by atoms with Crippen LogP contribution in [0, 0.1) is 6.92 Å². The number of methoxy groups -OCH3 is 2. The summed E-state index contributed by atoms with van der Waals surface area (Å²) in [7, 11) is 3.12. The summed E-state index contributed by atoms with van der Waals surface area (Å²) in [6, 6.07) is 10.9. The molecule has 2 aromatic rings. The second-order valence-corrected chi connectivity index (χ2v) is 6.58. The van der Waals surface area contributed by atoms with Crippen molar-refractivity contribution in [3.63, 3.8) is 0 Å². The first-order valence-corrected chi connectivity index (χ1v) is 8.92. The van der Waals surface area contributed by atoms with Crippen molar-refractivity contribution in [2.45, 2.75) is 26.3 Å². The van der Waals surface area contributed by atoms with E-state index in [0.717, 1.165) is 24.1 Å². The number of likely N-dealkylation sites (tertiary alicyclic amines) is 1. The van der Waals surface area contributed by atoms with Crippen LogP contribution in [0.2, 0.25) is 0 Å². The van der Waals surface area contributed by atoms with Crippen molar-refractivity contribution in [2.75, 3.05) is 26.1 Å². The molecule has 6 heteroatoms. The molecule has 0 aliphatic carbocycles. The number of hydrogen-bond acceptors (Lipinski definition) is 4. The highest BCUT2D eigenvalue weighted by Gasteiger charge is 2.20. The van der Waals surface area contributed by atoms with Crippen LogP contribution in [0.25, 0.3) is 0 Å². The van der Waals surface area contributed by atoms with E-state index in [1.165, 1.54) is 0 Å². The van der Waals surface area contributed by atoms with Gasteiger partial charge >= 0.3 is 0 Å². The van der Waals surface area contributed by atoms with Crippen LogP contribution in [0.4, 0.5) is 5.69 Å². The summed E-state index contributed by atoms with van der Waals surface area (Å²) in [4.78, 5) is 26.3. The summed E-state index contributed by atoms with van der Waals surface area (Å²) in [6.07, 6.45) is 1.53. The van der Waals surface area contributed by atoms with Crippen LogP contribution < -0.4 is 14.8 Å². The fraction of sp³-hybridized carbons (Fsp3) is 0.333. The Bertz CT molecular complexity index is 838. The van der Waals surface area contributed by atoms with Gasteiger partial charge in [-0.1, -0.05) is 12.1 Å². The van der Waals surface area contributed by atoms with Gasteiger partial charge < -0.3 is 19.7 Å². The first kappa shape index (κ1) is 18.8. The third-order valence-electron chi connectivity index (χ3n) is 4.74. The quantitative estimate of drug-likeness (QED) is 0.849. The van der Waals surface area contributed by atoms with Gasteiger partial charge in [-0.05, 0) is 43.2 Å². The highest BCUT2D eigenvalue weighted by atomic mass is 16.5. The molecule has 0 spiro atoms. The fourth-order valence-corrected chi connectivity index (χ4v) is 3.26. The third-order valence-corrected chi connectivity index (χ3v) is 4.74. The number of hydrogen-bond donors (Lipinski definition) is 1. The standard InChI is InChI=1S/C21H24N2O4/c1-14-18(26-2)11-16(12-19(14)27-3)21(25)22-17-7-4-6-15(10-17)13-23-9-5-8-20(23)24/h4,6-7,10-12H,5,8-9,13H2,1-3H3,(H,22,25). The second kappa shape index (κ2) is 8.12. The second-order valence-electron chi connectivity index (χ2n) is 6.58. The molecule has 1 saturated heterocycles. The van der Waals surface area contributed by atoms with E-state index in [2.05, 4.69) is 5.32 Å². The van der Waals surface area contributed by atoms with Crippen molar-refractivity contribution >= 4 is 17.5 Å². The first-order chi connectivity index (χ1) is 13.0. The fourth-order valence-electron chi connectivity index (χ4n) is 3.26. The summed E-state index contributed by atoms with van der Waals surface area (Å²) < 4.78 is 10.7. The van der Waals surface area contributed by atoms with Gasteiger partial charge in [0.15, 0.2) is 0 Å². The zero-order valence-electron chi connectivity index (χ0n) is 15.9. The van der Waals surface area contributed by atoms with E-state index in [1.807, 2.05) is 36.1 Å². The molecule has 1 fully saturated rings. The molecular weight excluding hydrogens is 344 g/mol. The van der Waals surface area contributed by atoms with Gasteiger partial charge in [0, 0.05) is 36.3 Å². The van der Waals surface area contributed by atoms with E-state index >= 15 is 0 Å². The van der Waals surface area contributed by atoms with Gasteiger partial charge in [0.2, 0.25) is 5.91 Å². The topological polar surface area (TPSA) is 67.9 Å². The zero-order valence-corrected chi connectivity index (χ0v) is 15.9. The summed E-state index contributed by atoms with van der Waals surface area (Å²) in [5.74, 6) is 1.13. The van der Waals surface area contributed by atoms with Crippen molar-refractivity contribution in [1.82, 2.24) is 4.90 Å². The molecule has 0 radical (unpaired) electrons. The molecule has 0 bridgehead atoms. The molecule has 3 rings (SSSR count). The number of carbonyl (C=O) groups excluding carboxylic acids is 2. The monoisotopic (exact) mass is 368 g/mol. The van der Waals surface area contributed by atoms with Gasteiger partial charge in [0.05, 0.1) is 14.2 Å². The molecule has 1 N–H and O–H groups in total. The number of ether oxygens (including phenoxy) is 2. The van der Waals surface area contributed by atoms with Crippen molar-refractivity contribution < 1.29 is 19.1 Å². The van der Waals surface area contributed by atoms with E-state index in [-0.39, 0.29) is 11.8 Å². The Kier molecular flexibility index (Phi) is 5.64. The van der Waals surface area contributed by atoms with Gasteiger partial charge in [-0.15, -0.1) is 0 Å². The molecule has 1 heterocycles. The minimum absolute atomic E-state index is 0.184. The molecule has 2 aromatic carbocycles. The molecule has 6 nitrogen and oxygen atoms in total. The maximum absolute atomic E-state index is 12.7. The average Bonchev–Trinajstić information content (AvgIpc) is 3.06. The number of nitrogens with zero attached hydrogens (tertiary/aromatic N) is 1. The lowest BCUT2D eigenvalue weighted by Gasteiger charge is -2.16. The highest BCUT2D eigenvalue weighted by molar-refractivity contribution is 6.05. The van der Waals surface area contributed by atoms with Crippen LogP contribution in [0.15, 0.2) is 36.4 Å². The SMILES string of the molecule is COc1cc(C(=O)Nc2cccc(CN3CCCC3=O)c2)cc(OC)c1C. The lowest BCUT2D eigenvalue weighted by Crippen LogP contribution is -2.23. The number of carbonyl (C=O) groups is 2. The normalized spacial score (nSPS) is 13.6. The van der Waals surface area contributed by atoms with Crippen molar-refractivity contribution in [3.05, 3.63) is 53.1 Å². The lowest BCUT2D eigenvalue weighted by atomic mass is 10.1. The van der Waals surface area contributed by atoms with Gasteiger partial charge in [-0.2, -0.15) is 0 Å². The molecule has 0 unspecified atom stereocenters. The highest BCUT2D eigenvalue weighted by Crippen LogP contribution is 2.30. The summed E-state index contributed by atoms with van der Waals surface area (Å²) in [5, 5.41) is 2.90. The molecule has 1 aliphatic rings. The smallest absolute Gasteiger partial charge is 0.255 e. The van der Waals surface area contributed by atoms with Crippen LogP contribution >= 0.6 is 0 Å². The predicted molar refractivity (Wildman–Crippen MR) is 103 cm³/mol. The number of rotatable bonds is 6. The largest absolute Gasteiger partial charge is 0.496 e. The molecular formula is C21H24N2O4. The van der Waals surface area contributed by atoms with Crippen LogP contribution in [0.1, 0.15) is 34.3 Å². The number of nitrogens with one attached hydrogen (secondary N) is 1. The number of amides is 2. The Hall–Kier alpha value is -3.02. The molecule has 142 valence electrons. The molecule has 27 heavy (non-hydrogen) atoms. The minimum Gasteiger partial charge on any atom is -0.496 e. The van der Waals surface area contributed by atoms with Gasteiger partial charge in [0.25, 0.3) is 5.91 Å². The van der Waals surface area contributed by atoms with E-state index in [9.17, 15) is 9.59 Å². The summed E-state index contributed by atoms with van der Waals surface area (Å²) in [6.45, 7) is 3.23. The van der Waals surface area contributed by atoms with Crippen molar-refractivity contribution in [3.8, 4) is 11.5 Å². The first-order valence-electron chi connectivity index (χ1n) is 8.92. The Morgan fingerprint density at radius 2 is 1.85 bits per heavy atom. The Balaban J connectivity index is 1.76. The van der Waals surface area contributed by atoms with E-state index in [4.69, 9.17) is 9.47 Å². The van der Waals surface area contributed by atoms with E-state index in [0.29, 0.717) is 35.7 Å². The molecule has 0 saturated carbocycles. The molecule has 0 aromatic heterocycles. The van der Waals surface area contributed by atoms with Crippen LogP contribution in [-0.2, 0) is 11.3 Å².